The largest absolute Gasteiger partial charge is 0.484 e. The smallest absolute Gasteiger partial charge is 0.260 e. The number of ketones is 2. The van der Waals surface area contributed by atoms with E-state index in [0.29, 0.717) is 44.6 Å². The minimum atomic E-state index is -0.295. The standard InChI is InChI=1S/C38H31NO6/c1-24-32-29(44-37(24)35(41)26-13-7-3-8-14-26)19-20-30-34(32)33(25-11-5-2-6-12-25)38(45-30)36(42)27-15-17-28(18-16-27)43-23-31(40)39-21-9-4-10-22-39/h2-3,5-8,11-20H,4,9-10,21-23H2,1H3. The first-order chi connectivity index (χ1) is 22.0. The number of likely N-dealkylation sites (tertiary alicyclic amines) is 1. The van der Waals surface area contributed by atoms with Crippen molar-refractivity contribution in [3.05, 3.63) is 125 Å². The van der Waals surface area contributed by atoms with Crippen LogP contribution in [-0.4, -0.2) is 42.1 Å². The van der Waals surface area contributed by atoms with Gasteiger partial charge in [-0.3, -0.25) is 14.4 Å². The van der Waals surface area contributed by atoms with Crippen molar-refractivity contribution < 1.29 is 28.0 Å². The molecule has 224 valence electrons. The molecule has 7 nitrogen and oxygen atoms in total. The number of amides is 1. The van der Waals surface area contributed by atoms with Gasteiger partial charge in [-0.25, -0.2) is 0 Å². The van der Waals surface area contributed by atoms with Crippen molar-refractivity contribution in [3.8, 4) is 16.9 Å². The van der Waals surface area contributed by atoms with Crippen molar-refractivity contribution in [2.24, 2.45) is 0 Å². The zero-order chi connectivity index (χ0) is 30.9. The van der Waals surface area contributed by atoms with Gasteiger partial charge in [0.2, 0.25) is 11.6 Å². The highest BCUT2D eigenvalue weighted by Gasteiger charge is 2.28. The summed E-state index contributed by atoms with van der Waals surface area (Å²) >= 11 is 0. The summed E-state index contributed by atoms with van der Waals surface area (Å²) in [5, 5.41) is 1.45. The van der Waals surface area contributed by atoms with Crippen LogP contribution in [-0.2, 0) is 4.79 Å². The fraction of sp³-hybridized carbons (Fsp3) is 0.184. The molecular weight excluding hydrogens is 566 g/mol. The summed E-state index contributed by atoms with van der Waals surface area (Å²) in [6, 6.07) is 28.9. The van der Waals surface area contributed by atoms with Crippen LogP contribution in [0.4, 0.5) is 0 Å². The number of carbonyl (C=O) groups is 3. The molecule has 0 radical (unpaired) electrons. The lowest BCUT2D eigenvalue weighted by Crippen LogP contribution is -2.38. The monoisotopic (exact) mass is 597 g/mol. The quantitative estimate of drug-likeness (QED) is 0.165. The predicted molar refractivity (Wildman–Crippen MR) is 172 cm³/mol. The maximum Gasteiger partial charge on any atom is 0.260 e. The lowest BCUT2D eigenvalue weighted by molar-refractivity contribution is -0.134. The number of furan rings is 2. The molecule has 6 aromatic rings. The average molecular weight is 598 g/mol. The molecule has 0 spiro atoms. The van der Waals surface area contributed by atoms with Crippen molar-refractivity contribution in [3.63, 3.8) is 0 Å². The fourth-order valence-corrected chi connectivity index (χ4v) is 6.12. The van der Waals surface area contributed by atoms with Gasteiger partial charge in [-0.1, -0.05) is 60.7 Å². The molecule has 1 saturated heterocycles. The molecule has 7 heteroatoms. The summed E-state index contributed by atoms with van der Waals surface area (Å²) < 4.78 is 18.2. The van der Waals surface area contributed by atoms with Crippen molar-refractivity contribution in [2.45, 2.75) is 26.2 Å². The Kier molecular flexibility index (Phi) is 7.51. The first-order valence-electron chi connectivity index (χ1n) is 15.2. The Hall–Kier alpha value is -5.43. The van der Waals surface area contributed by atoms with Crippen LogP contribution in [0.25, 0.3) is 33.1 Å². The van der Waals surface area contributed by atoms with Crippen molar-refractivity contribution in [1.29, 1.82) is 0 Å². The number of hydrogen-bond acceptors (Lipinski definition) is 6. The molecule has 0 N–H and O–H groups in total. The Bertz CT molecular complexity index is 2030. The molecule has 4 aromatic carbocycles. The zero-order valence-electron chi connectivity index (χ0n) is 24.9. The predicted octanol–water partition coefficient (Wildman–Crippen LogP) is 8.01. The van der Waals surface area contributed by atoms with Crippen LogP contribution in [0.5, 0.6) is 5.75 Å². The van der Waals surface area contributed by atoms with E-state index in [2.05, 4.69) is 0 Å². The third-order valence-corrected chi connectivity index (χ3v) is 8.44. The van der Waals surface area contributed by atoms with Crippen LogP contribution in [0.15, 0.2) is 106 Å². The van der Waals surface area contributed by atoms with Gasteiger partial charge in [-0.05, 0) is 68.1 Å². The molecule has 0 atom stereocenters. The van der Waals surface area contributed by atoms with E-state index < -0.39 is 0 Å². The van der Waals surface area contributed by atoms with E-state index in [1.165, 1.54) is 0 Å². The summed E-state index contributed by atoms with van der Waals surface area (Å²) in [7, 11) is 0. The van der Waals surface area contributed by atoms with Gasteiger partial charge in [0.15, 0.2) is 18.1 Å². The van der Waals surface area contributed by atoms with Gasteiger partial charge in [-0.15, -0.1) is 0 Å². The zero-order valence-corrected chi connectivity index (χ0v) is 24.9. The molecule has 0 unspecified atom stereocenters. The van der Waals surface area contributed by atoms with Crippen LogP contribution in [0.2, 0.25) is 0 Å². The highest BCUT2D eigenvalue weighted by atomic mass is 16.5. The van der Waals surface area contributed by atoms with E-state index in [1.54, 1.807) is 48.5 Å². The van der Waals surface area contributed by atoms with E-state index in [4.69, 9.17) is 13.6 Å². The molecule has 45 heavy (non-hydrogen) atoms. The molecule has 0 bridgehead atoms. The molecule has 1 aliphatic rings. The minimum absolute atomic E-state index is 0.0286. The first-order valence-corrected chi connectivity index (χ1v) is 15.2. The summed E-state index contributed by atoms with van der Waals surface area (Å²) in [6.45, 7) is 3.36. The van der Waals surface area contributed by atoms with Gasteiger partial charge in [0, 0.05) is 46.1 Å². The summed E-state index contributed by atoms with van der Waals surface area (Å²) in [5.74, 6) is 0.421. The van der Waals surface area contributed by atoms with Crippen LogP contribution in [0, 0.1) is 6.92 Å². The molecule has 1 aliphatic heterocycles. The molecular formula is C38H31NO6. The lowest BCUT2D eigenvalue weighted by atomic mass is 9.95. The minimum Gasteiger partial charge on any atom is -0.484 e. The average Bonchev–Trinajstić information content (AvgIpc) is 3.65. The van der Waals surface area contributed by atoms with Crippen molar-refractivity contribution in [1.82, 2.24) is 4.90 Å². The number of fused-ring (bicyclic) bond motifs is 3. The number of hydrogen-bond donors (Lipinski definition) is 0. The maximum atomic E-state index is 14.0. The van der Waals surface area contributed by atoms with Crippen LogP contribution >= 0.6 is 0 Å². The molecule has 2 aromatic heterocycles. The Morgan fingerprint density at radius 2 is 1.24 bits per heavy atom. The van der Waals surface area contributed by atoms with Gasteiger partial charge in [0.25, 0.3) is 5.91 Å². The number of rotatable bonds is 8. The van der Waals surface area contributed by atoms with Crippen LogP contribution in [0.1, 0.15) is 57.1 Å². The van der Waals surface area contributed by atoms with E-state index in [1.807, 2.05) is 60.4 Å². The number of piperidine rings is 1. The Morgan fingerprint density at radius 1 is 0.667 bits per heavy atom. The second-order valence-electron chi connectivity index (χ2n) is 11.3. The number of carbonyl (C=O) groups excluding carboxylic acids is 3. The van der Waals surface area contributed by atoms with Gasteiger partial charge >= 0.3 is 0 Å². The van der Waals surface area contributed by atoms with E-state index >= 15 is 0 Å². The third kappa shape index (κ3) is 5.31. The summed E-state index contributed by atoms with van der Waals surface area (Å²) in [6.07, 6.45) is 3.20. The Morgan fingerprint density at radius 3 is 1.93 bits per heavy atom. The number of aryl methyl sites for hydroxylation is 1. The summed E-state index contributed by atoms with van der Waals surface area (Å²) in [4.78, 5) is 41.8. The lowest BCUT2D eigenvalue weighted by Gasteiger charge is -2.26. The molecule has 0 aliphatic carbocycles. The normalized spacial score (nSPS) is 13.3. The van der Waals surface area contributed by atoms with Gasteiger partial charge in [0.1, 0.15) is 16.9 Å². The summed E-state index contributed by atoms with van der Waals surface area (Å²) in [5.41, 5.74) is 4.13. The fourth-order valence-electron chi connectivity index (χ4n) is 6.12. The van der Waals surface area contributed by atoms with Crippen molar-refractivity contribution in [2.75, 3.05) is 19.7 Å². The second kappa shape index (κ2) is 11.9. The SMILES string of the molecule is Cc1c(C(=O)c2ccccc2)oc2ccc3oc(C(=O)c4ccc(OCC(=O)N5CCCCC5)cc4)c(-c4ccccc4)c3c12. The maximum absolute atomic E-state index is 14.0. The highest BCUT2D eigenvalue weighted by molar-refractivity contribution is 6.22. The third-order valence-electron chi connectivity index (χ3n) is 8.44. The second-order valence-corrected chi connectivity index (χ2v) is 11.3. The first kappa shape index (κ1) is 28.3. The van der Waals surface area contributed by atoms with Crippen molar-refractivity contribution >= 4 is 39.4 Å². The topological polar surface area (TPSA) is 90.0 Å². The van der Waals surface area contributed by atoms with Crippen LogP contribution in [0.3, 0.4) is 0 Å². The highest BCUT2D eigenvalue weighted by Crippen LogP contribution is 2.43. The van der Waals surface area contributed by atoms with E-state index in [9.17, 15) is 14.4 Å². The molecule has 1 fully saturated rings. The van der Waals surface area contributed by atoms with Gasteiger partial charge in [0.05, 0.1) is 0 Å². The molecule has 1 amide bonds. The Labute approximate surface area is 260 Å². The Balaban J connectivity index is 1.26. The van der Waals surface area contributed by atoms with E-state index in [-0.39, 0.29) is 35.6 Å². The molecule has 7 rings (SSSR count). The number of nitrogens with zero attached hydrogens (tertiary/aromatic N) is 1. The molecule has 0 saturated carbocycles. The number of ether oxygens (including phenoxy) is 1. The number of benzene rings is 4. The van der Waals surface area contributed by atoms with Gasteiger partial charge in [-0.2, -0.15) is 0 Å². The van der Waals surface area contributed by atoms with E-state index in [0.717, 1.165) is 43.3 Å². The van der Waals surface area contributed by atoms with Gasteiger partial charge < -0.3 is 18.5 Å². The van der Waals surface area contributed by atoms with Crippen LogP contribution < -0.4 is 4.74 Å². The molecule has 3 heterocycles.